The molecule has 60 heavy (non-hydrogen) atoms. The Morgan fingerprint density at radius 2 is 1.55 bits per heavy atom. The number of para-hydroxylation sites is 1. The molecule has 0 spiro atoms. The van der Waals surface area contributed by atoms with E-state index in [1.165, 1.54) is 15.8 Å². The van der Waals surface area contributed by atoms with Crippen molar-refractivity contribution in [2.45, 2.75) is 130 Å². The summed E-state index contributed by atoms with van der Waals surface area (Å²) in [6.45, 7) is 26.3. The lowest BCUT2D eigenvalue weighted by Crippen LogP contribution is -2.44. The van der Waals surface area contributed by atoms with Crippen LogP contribution >= 0.6 is 0 Å². The Morgan fingerprint density at radius 1 is 0.883 bits per heavy atom. The predicted octanol–water partition coefficient (Wildman–Crippen LogP) is 8.86. The molecule has 1 saturated heterocycles. The molecule has 3 aromatic rings. The minimum atomic E-state index is -2.35. The van der Waals surface area contributed by atoms with Crippen LogP contribution in [0.3, 0.4) is 0 Å². The Morgan fingerprint density at radius 3 is 2.20 bits per heavy atom. The maximum atomic E-state index is 14.0. The van der Waals surface area contributed by atoms with Crippen LogP contribution < -0.4 is 25.5 Å². The molecular weight excluding hydrogens is 809 g/mol. The molecule has 2 aromatic carbocycles. The van der Waals surface area contributed by atoms with Crippen molar-refractivity contribution >= 4 is 40.2 Å². The molecule has 3 atom stereocenters. The van der Waals surface area contributed by atoms with Crippen molar-refractivity contribution in [3.8, 4) is 17.2 Å². The van der Waals surface area contributed by atoms with Gasteiger partial charge in [0, 0.05) is 13.0 Å². The lowest BCUT2D eigenvalue weighted by molar-refractivity contribution is -0.290. The van der Waals surface area contributed by atoms with E-state index in [1.807, 2.05) is 30.3 Å². The molecule has 1 amide bonds. The number of fused-ring (bicyclic) bond motifs is 2. The van der Waals surface area contributed by atoms with Gasteiger partial charge in [-0.1, -0.05) is 77.9 Å². The number of esters is 1. The summed E-state index contributed by atoms with van der Waals surface area (Å²) < 4.78 is 37.5. The smallest absolute Gasteiger partial charge is 0.407 e. The number of ether oxygens (including phenoxy) is 4. The standard InChI is InChI=1S/C42H62N4O12Si2/c1-40(2,3)37(47)55-30-21-17-20-29-35(30)46(51-23-22-43-39(49)50-26-28-18-15-14-16-19-28)36-32(53-29)25-45(38(48)44-36)34-24-31(56-58-60(12,13)42(7,8)9)33(54-34)27-52-57-59(10,11)41(4,5)6/h14-21,25,31,33-34H,22-24,26-27H2,1-13H3,(H,43,49)/t31-,33+,34+/m0/s1. The maximum absolute atomic E-state index is 14.0. The molecule has 330 valence electrons. The number of anilines is 2. The number of benzene rings is 2. The zero-order valence-electron chi connectivity index (χ0n) is 37.2. The molecular formula is C42H62N4O12Si2. The Hall–Kier alpha value is -4.15. The molecule has 2 aliphatic heterocycles. The quantitative estimate of drug-likeness (QED) is 0.0384. The second-order valence-corrected chi connectivity index (χ2v) is 28.4. The average Bonchev–Trinajstić information content (AvgIpc) is 3.56. The fourth-order valence-corrected chi connectivity index (χ4v) is 6.43. The van der Waals surface area contributed by atoms with Gasteiger partial charge < -0.3 is 24.3 Å². The number of alkyl carbamates (subject to hydrolysis) is 1. The zero-order chi connectivity index (χ0) is 44.3. The third-order valence-corrected chi connectivity index (χ3v) is 19.4. The van der Waals surface area contributed by atoms with E-state index in [2.05, 4.69) is 78.0 Å². The lowest BCUT2D eigenvalue weighted by atomic mass is 9.97. The minimum absolute atomic E-state index is 0.00984. The van der Waals surface area contributed by atoms with E-state index < -0.39 is 58.2 Å². The monoisotopic (exact) mass is 870 g/mol. The number of hydrogen-bond donors (Lipinski definition) is 1. The highest BCUT2D eigenvalue weighted by Gasteiger charge is 2.45. The highest BCUT2D eigenvalue weighted by molar-refractivity contribution is 6.74. The number of aromatic nitrogens is 2. The van der Waals surface area contributed by atoms with E-state index in [0.717, 1.165) is 5.56 Å². The van der Waals surface area contributed by atoms with E-state index in [-0.39, 0.29) is 71.6 Å². The van der Waals surface area contributed by atoms with Crippen LogP contribution in [0.2, 0.25) is 36.3 Å². The first-order valence-electron chi connectivity index (χ1n) is 20.2. The highest BCUT2D eigenvalue weighted by Crippen LogP contribution is 2.50. The zero-order valence-corrected chi connectivity index (χ0v) is 39.2. The largest absolute Gasteiger partial charge is 0.449 e. The van der Waals surface area contributed by atoms with Gasteiger partial charge in [-0.3, -0.25) is 23.4 Å². The van der Waals surface area contributed by atoms with Crippen molar-refractivity contribution in [3.63, 3.8) is 0 Å². The number of rotatable bonds is 15. The van der Waals surface area contributed by atoms with Gasteiger partial charge in [0.25, 0.3) is 0 Å². The fourth-order valence-electron chi connectivity index (χ4n) is 5.20. The van der Waals surface area contributed by atoms with Gasteiger partial charge >= 0.3 is 17.8 Å². The second-order valence-electron chi connectivity index (χ2n) is 19.1. The van der Waals surface area contributed by atoms with Crippen LogP contribution in [0, 0.1) is 5.41 Å². The molecule has 1 N–H and O–H groups in total. The molecule has 0 unspecified atom stereocenters. The molecule has 2 aliphatic rings. The van der Waals surface area contributed by atoms with Crippen LogP contribution in [0.4, 0.5) is 16.3 Å². The van der Waals surface area contributed by atoms with Gasteiger partial charge in [-0.2, -0.15) is 10.0 Å². The van der Waals surface area contributed by atoms with Crippen molar-refractivity contribution in [2.24, 2.45) is 5.41 Å². The van der Waals surface area contributed by atoms with Gasteiger partial charge in [-0.05, 0) is 74.7 Å². The molecule has 0 aliphatic carbocycles. The van der Waals surface area contributed by atoms with E-state index in [0.29, 0.717) is 0 Å². The fraction of sp³-hybridized carbons (Fsp3) is 0.571. The summed E-state index contributed by atoms with van der Waals surface area (Å²) in [7, 11) is -4.62. The van der Waals surface area contributed by atoms with E-state index in [9.17, 15) is 14.4 Å². The molecule has 1 aromatic heterocycles. The van der Waals surface area contributed by atoms with Crippen LogP contribution in [-0.4, -0.2) is 70.2 Å². The van der Waals surface area contributed by atoms with Gasteiger partial charge in [-0.15, -0.1) is 0 Å². The van der Waals surface area contributed by atoms with Crippen LogP contribution in [0.15, 0.2) is 59.5 Å². The summed E-state index contributed by atoms with van der Waals surface area (Å²) in [6.07, 6.45) is -1.07. The third kappa shape index (κ3) is 11.4. The maximum Gasteiger partial charge on any atom is 0.407 e. The SMILES string of the molecule is CC(C)(C)C(=O)Oc1cccc2c1N(OCCNC(=O)OCc1ccccc1)c1nc(=O)n([C@H]3C[C@H](OO[Si](C)(C)C(C)(C)C)[C@@H](COO[Si](C)(C)C(C)(C)C)O3)cc1O2. The van der Waals surface area contributed by atoms with E-state index >= 15 is 0 Å². The van der Waals surface area contributed by atoms with Crippen molar-refractivity contribution < 1.29 is 52.3 Å². The summed E-state index contributed by atoms with van der Waals surface area (Å²) >= 11 is 0. The first kappa shape index (κ1) is 46.9. The Balaban J connectivity index is 1.40. The van der Waals surface area contributed by atoms with Crippen molar-refractivity contribution in [3.05, 3.63) is 70.8 Å². The number of amides is 1. The van der Waals surface area contributed by atoms with Crippen LogP contribution in [0.25, 0.3) is 0 Å². The van der Waals surface area contributed by atoms with E-state index in [4.69, 9.17) is 42.7 Å². The topological polar surface area (TPSA) is 167 Å². The molecule has 5 rings (SSSR count). The van der Waals surface area contributed by atoms with Crippen LogP contribution in [-0.2, 0) is 44.6 Å². The van der Waals surface area contributed by atoms with Crippen LogP contribution in [0.1, 0.15) is 80.5 Å². The molecule has 1 fully saturated rings. The van der Waals surface area contributed by atoms with Gasteiger partial charge in [-0.25, -0.2) is 19.4 Å². The summed E-state index contributed by atoms with van der Waals surface area (Å²) in [4.78, 5) is 62.2. The van der Waals surface area contributed by atoms with Crippen molar-refractivity contribution in [2.75, 3.05) is 24.8 Å². The van der Waals surface area contributed by atoms with Gasteiger partial charge in [0.05, 0.1) is 18.2 Å². The third-order valence-electron chi connectivity index (χ3n) is 11.1. The number of carbonyl (C=O) groups is 2. The summed E-state index contributed by atoms with van der Waals surface area (Å²) in [6, 6.07) is 14.2. The van der Waals surface area contributed by atoms with Gasteiger partial charge in [0.2, 0.25) is 22.5 Å². The average molecular weight is 871 g/mol. The number of carbonyl (C=O) groups excluding carboxylic acids is 2. The predicted molar refractivity (Wildman–Crippen MR) is 229 cm³/mol. The van der Waals surface area contributed by atoms with E-state index in [1.54, 1.807) is 39.0 Å². The Kier molecular flexibility index (Phi) is 14.4. The highest BCUT2D eigenvalue weighted by atomic mass is 28.4. The summed E-state index contributed by atoms with van der Waals surface area (Å²) in [5.74, 6) is 0.00606. The van der Waals surface area contributed by atoms with Crippen molar-refractivity contribution in [1.29, 1.82) is 0 Å². The Labute approximate surface area is 354 Å². The first-order valence-corrected chi connectivity index (χ1v) is 26.0. The number of hydrogen-bond acceptors (Lipinski definition) is 14. The summed E-state index contributed by atoms with van der Waals surface area (Å²) in [5.41, 5.74) is -0.485. The molecule has 3 heterocycles. The summed E-state index contributed by atoms with van der Waals surface area (Å²) in [5, 5.41) is 3.71. The first-order chi connectivity index (χ1) is 27.9. The molecule has 18 heteroatoms. The second kappa shape index (κ2) is 18.5. The molecule has 0 saturated carbocycles. The lowest BCUT2D eigenvalue weighted by Gasteiger charge is -2.36. The number of nitrogens with zero attached hydrogens (tertiary/aromatic N) is 3. The molecule has 16 nitrogen and oxygen atoms in total. The normalized spacial score (nSPS) is 18.4. The van der Waals surface area contributed by atoms with Gasteiger partial charge in [0.15, 0.2) is 22.9 Å². The number of nitrogens with one attached hydrogen (secondary N) is 1. The molecule has 0 bridgehead atoms. The van der Waals surface area contributed by atoms with Crippen LogP contribution in [0.5, 0.6) is 17.2 Å². The molecule has 0 radical (unpaired) electrons. The van der Waals surface area contributed by atoms with Gasteiger partial charge in [0.1, 0.15) is 31.6 Å². The Bertz CT molecular complexity index is 2030. The van der Waals surface area contributed by atoms with Crippen molar-refractivity contribution in [1.82, 2.24) is 14.9 Å². The minimum Gasteiger partial charge on any atom is -0.449 e.